The normalized spacial score (nSPS) is 14.4. The minimum Gasteiger partial charge on any atom is -0.490 e. The molecule has 4 rings (SSSR count). The van der Waals surface area contributed by atoms with Crippen LogP contribution in [0.3, 0.4) is 0 Å². The number of amides is 1. The highest BCUT2D eigenvalue weighted by Crippen LogP contribution is 2.25. The van der Waals surface area contributed by atoms with Crippen LogP contribution in [0.5, 0.6) is 5.75 Å². The lowest BCUT2D eigenvalue weighted by Gasteiger charge is -2.13. The number of hydrogen-bond donors (Lipinski definition) is 3. The standard InChI is InChI=1S/C19H18N4O4/c24-17(11-9-15-16(20-10-11)22-19(26)23-18(15)25)21-12-5-7-14(8-6-12)27-13-3-1-2-4-13/h5-10,13H,1-4H2,(H,21,24)(H2,20,22,23,25,26). The number of benzene rings is 1. The van der Waals surface area contributed by atoms with E-state index in [9.17, 15) is 14.4 Å². The van der Waals surface area contributed by atoms with Crippen LogP contribution in [0, 0.1) is 0 Å². The van der Waals surface area contributed by atoms with E-state index < -0.39 is 17.2 Å². The fourth-order valence-electron chi connectivity index (χ4n) is 3.19. The van der Waals surface area contributed by atoms with Crippen LogP contribution in [0.2, 0.25) is 0 Å². The SMILES string of the molecule is O=C(Nc1ccc(OC2CCCC2)cc1)c1cnc2[nH]c(=O)[nH]c(=O)c2c1. The molecule has 0 unspecified atom stereocenters. The number of rotatable bonds is 4. The summed E-state index contributed by atoms with van der Waals surface area (Å²) in [5.74, 6) is 0.377. The summed E-state index contributed by atoms with van der Waals surface area (Å²) >= 11 is 0. The first-order valence-corrected chi connectivity index (χ1v) is 8.79. The van der Waals surface area contributed by atoms with Crippen LogP contribution in [0.15, 0.2) is 46.1 Å². The molecule has 1 saturated carbocycles. The summed E-state index contributed by atoms with van der Waals surface area (Å²) in [7, 11) is 0. The molecular weight excluding hydrogens is 348 g/mol. The molecule has 2 heterocycles. The molecule has 0 spiro atoms. The molecule has 3 N–H and O–H groups in total. The molecule has 2 aromatic heterocycles. The Labute approximate surface area is 153 Å². The maximum atomic E-state index is 12.4. The predicted molar refractivity (Wildman–Crippen MR) is 100 cm³/mol. The van der Waals surface area contributed by atoms with Crippen molar-refractivity contribution < 1.29 is 9.53 Å². The highest BCUT2D eigenvalue weighted by Gasteiger charge is 2.16. The van der Waals surface area contributed by atoms with Gasteiger partial charge >= 0.3 is 5.69 Å². The zero-order chi connectivity index (χ0) is 18.8. The third-order valence-electron chi connectivity index (χ3n) is 4.57. The van der Waals surface area contributed by atoms with Crippen molar-refractivity contribution >= 4 is 22.6 Å². The number of anilines is 1. The zero-order valence-corrected chi connectivity index (χ0v) is 14.5. The van der Waals surface area contributed by atoms with Gasteiger partial charge in [-0.1, -0.05) is 0 Å². The lowest BCUT2D eigenvalue weighted by atomic mass is 10.2. The average molecular weight is 366 g/mol. The third-order valence-corrected chi connectivity index (χ3v) is 4.57. The van der Waals surface area contributed by atoms with E-state index in [-0.39, 0.29) is 22.7 Å². The molecule has 138 valence electrons. The van der Waals surface area contributed by atoms with E-state index in [1.807, 2.05) is 12.1 Å². The summed E-state index contributed by atoms with van der Waals surface area (Å²) in [5.41, 5.74) is -0.282. The molecule has 0 radical (unpaired) electrons. The molecule has 1 aromatic carbocycles. The summed E-state index contributed by atoms with van der Waals surface area (Å²) in [5, 5.41) is 2.90. The number of aromatic amines is 2. The molecule has 27 heavy (non-hydrogen) atoms. The first-order chi connectivity index (χ1) is 13.1. The van der Waals surface area contributed by atoms with Gasteiger partial charge < -0.3 is 10.1 Å². The summed E-state index contributed by atoms with van der Waals surface area (Å²) in [4.78, 5) is 44.1. The average Bonchev–Trinajstić information content (AvgIpc) is 3.16. The third kappa shape index (κ3) is 3.74. The van der Waals surface area contributed by atoms with Crippen LogP contribution in [-0.2, 0) is 0 Å². The summed E-state index contributed by atoms with van der Waals surface area (Å²) < 4.78 is 5.90. The van der Waals surface area contributed by atoms with Gasteiger partial charge in [0.05, 0.1) is 17.1 Å². The molecular formula is C19H18N4O4. The van der Waals surface area contributed by atoms with Crippen molar-refractivity contribution in [2.75, 3.05) is 5.32 Å². The van der Waals surface area contributed by atoms with Crippen LogP contribution >= 0.6 is 0 Å². The molecule has 1 amide bonds. The van der Waals surface area contributed by atoms with Gasteiger partial charge in [0.2, 0.25) is 0 Å². The van der Waals surface area contributed by atoms with E-state index in [0.29, 0.717) is 5.69 Å². The van der Waals surface area contributed by atoms with Crippen LogP contribution in [0.4, 0.5) is 5.69 Å². The molecule has 0 saturated heterocycles. The second kappa shape index (κ2) is 7.06. The lowest BCUT2D eigenvalue weighted by molar-refractivity contribution is 0.102. The predicted octanol–water partition coefficient (Wildman–Crippen LogP) is 2.19. The molecule has 8 heteroatoms. The fraction of sp³-hybridized carbons (Fsp3) is 0.263. The first kappa shape index (κ1) is 17.0. The number of aromatic nitrogens is 3. The van der Waals surface area contributed by atoms with Crippen molar-refractivity contribution in [3.63, 3.8) is 0 Å². The molecule has 0 bridgehead atoms. The molecule has 1 fully saturated rings. The Kier molecular flexibility index (Phi) is 4.45. The summed E-state index contributed by atoms with van der Waals surface area (Å²) in [6.07, 6.45) is 6.16. The first-order valence-electron chi connectivity index (χ1n) is 8.79. The van der Waals surface area contributed by atoms with Crippen molar-refractivity contribution in [1.82, 2.24) is 15.0 Å². The summed E-state index contributed by atoms with van der Waals surface area (Å²) in [6, 6.07) is 8.57. The van der Waals surface area contributed by atoms with Crippen molar-refractivity contribution in [1.29, 1.82) is 0 Å². The molecule has 1 aliphatic carbocycles. The highest BCUT2D eigenvalue weighted by atomic mass is 16.5. The zero-order valence-electron chi connectivity index (χ0n) is 14.5. The topological polar surface area (TPSA) is 117 Å². The number of nitrogens with zero attached hydrogens (tertiary/aromatic N) is 1. The number of pyridine rings is 1. The number of carbonyl (C=O) groups is 1. The van der Waals surface area contributed by atoms with Gasteiger partial charge in [0, 0.05) is 11.9 Å². The molecule has 3 aromatic rings. The molecule has 1 aliphatic rings. The highest BCUT2D eigenvalue weighted by molar-refractivity contribution is 6.05. The quantitative estimate of drug-likeness (QED) is 0.654. The minimum atomic E-state index is -0.642. The van der Waals surface area contributed by atoms with Gasteiger partial charge in [0.15, 0.2) is 0 Å². The van der Waals surface area contributed by atoms with Crippen LogP contribution in [-0.4, -0.2) is 27.0 Å². The Bertz CT molecular complexity index is 1100. The van der Waals surface area contributed by atoms with Gasteiger partial charge in [-0.3, -0.25) is 19.6 Å². The van der Waals surface area contributed by atoms with E-state index >= 15 is 0 Å². The van der Waals surface area contributed by atoms with E-state index in [1.165, 1.54) is 25.1 Å². The maximum Gasteiger partial charge on any atom is 0.327 e. The fourth-order valence-corrected chi connectivity index (χ4v) is 3.19. The van der Waals surface area contributed by atoms with E-state index in [1.54, 1.807) is 12.1 Å². The van der Waals surface area contributed by atoms with Crippen LogP contribution < -0.4 is 21.3 Å². The second-order valence-corrected chi connectivity index (χ2v) is 6.53. The molecule has 8 nitrogen and oxygen atoms in total. The van der Waals surface area contributed by atoms with Gasteiger partial charge in [-0.05, 0) is 56.0 Å². The Morgan fingerprint density at radius 2 is 1.85 bits per heavy atom. The second-order valence-electron chi connectivity index (χ2n) is 6.53. The van der Waals surface area contributed by atoms with Gasteiger partial charge in [-0.15, -0.1) is 0 Å². The maximum absolute atomic E-state index is 12.4. The van der Waals surface area contributed by atoms with Crippen LogP contribution in [0.1, 0.15) is 36.0 Å². The van der Waals surface area contributed by atoms with Crippen LogP contribution in [0.25, 0.3) is 11.0 Å². The number of hydrogen-bond acceptors (Lipinski definition) is 5. The van der Waals surface area contributed by atoms with E-state index in [2.05, 4.69) is 20.3 Å². The van der Waals surface area contributed by atoms with Crippen molar-refractivity contribution in [2.45, 2.75) is 31.8 Å². The Morgan fingerprint density at radius 3 is 2.59 bits per heavy atom. The summed E-state index contributed by atoms with van der Waals surface area (Å²) in [6.45, 7) is 0. The van der Waals surface area contributed by atoms with Crippen molar-refractivity contribution in [2.24, 2.45) is 0 Å². The largest absolute Gasteiger partial charge is 0.490 e. The van der Waals surface area contributed by atoms with Gasteiger partial charge in [-0.25, -0.2) is 9.78 Å². The van der Waals surface area contributed by atoms with Gasteiger partial charge in [0.1, 0.15) is 11.4 Å². The van der Waals surface area contributed by atoms with E-state index in [0.717, 1.165) is 18.6 Å². The number of ether oxygens (including phenoxy) is 1. The number of carbonyl (C=O) groups excluding carboxylic acids is 1. The smallest absolute Gasteiger partial charge is 0.327 e. The molecule has 0 atom stereocenters. The van der Waals surface area contributed by atoms with Crippen molar-refractivity contribution in [3.8, 4) is 5.75 Å². The van der Waals surface area contributed by atoms with Crippen molar-refractivity contribution in [3.05, 3.63) is 62.9 Å². The Balaban J connectivity index is 1.49. The lowest BCUT2D eigenvalue weighted by Crippen LogP contribution is -2.23. The van der Waals surface area contributed by atoms with Gasteiger partial charge in [-0.2, -0.15) is 0 Å². The minimum absolute atomic E-state index is 0.133. The number of nitrogens with one attached hydrogen (secondary N) is 3. The number of fused-ring (bicyclic) bond motifs is 1. The monoisotopic (exact) mass is 366 g/mol. The molecule has 0 aliphatic heterocycles. The Morgan fingerprint density at radius 1 is 1.11 bits per heavy atom. The Hall–Kier alpha value is -3.42. The van der Waals surface area contributed by atoms with Gasteiger partial charge in [0.25, 0.3) is 11.5 Å². The van der Waals surface area contributed by atoms with E-state index in [4.69, 9.17) is 4.74 Å². The number of H-pyrrole nitrogens is 2.